The Morgan fingerprint density at radius 2 is 2.05 bits per heavy atom. The Balaban J connectivity index is 2.24. The Labute approximate surface area is 123 Å². The summed E-state index contributed by atoms with van der Waals surface area (Å²) in [5.41, 5.74) is 2.20. The summed E-state index contributed by atoms with van der Waals surface area (Å²) in [4.78, 5) is 4.17. The molecule has 0 saturated heterocycles. The summed E-state index contributed by atoms with van der Waals surface area (Å²) in [5, 5.41) is 4.69. The van der Waals surface area contributed by atoms with Gasteiger partial charge in [-0.25, -0.2) is 0 Å². The van der Waals surface area contributed by atoms with E-state index in [1.165, 1.54) is 0 Å². The van der Waals surface area contributed by atoms with Crippen molar-refractivity contribution >= 4 is 23.2 Å². The monoisotopic (exact) mass is 294 g/mol. The minimum atomic E-state index is 0.190. The number of likely N-dealkylation sites (N-methyl/N-ethyl adjacent to an activating group) is 1. The predicted octanol–water partition coefficient (Wildman–Crippen LogP) is 4.28. The molecule has 0 spiro atoms. The highest BCUT2D eigenvalue weighted by molar-refractivity contribution is 6.42. The maximum atomic E-state index is 6.25. The van der Waals surface area contributed by atoms with E-state index in [0.717, 1.165) is 24.1 Å². The Hall–Kier alpha value is -1.09. The van der Waals surface area contributed by atoms with Gasteiger partial charge in [-0.3, -0.25) is 4.98 Å². The van der Waals surface area contributed by atoms with Crippen LogP contribution in [0.3, 0.4) is 0 Å². The summed E-state index contributed by atoms with van der Waals surface area (Å²) in [5.74, 6) is 0. The molecule has 100 valence electrons. The van der Waals surface area contributed by atoms with E-state index < -0.39 is 0 Å². The lowest BCUT2D eigenvalue weighted by Crippen LogP contribution is -2.23. The molecule has 0 saturated carbocycles. The molecule has 1 N–H and O–H groups in total. The molecule has 19 heavy (non-hydrogen) atoms. The van der Waals surface area contributed by atoms with Crippen molar-refractivity contribution in [3.63, 3.8) is 0 Å². The van der Waals surface area contributed by atoms with Gasteiger partial charge < -0.3 is 5.32 Å². The van der Waals surface area contributed by atoms with Crippen LogP contribution in [-0.2, 0) is 6.42 Å². The minimum absolute atomic E-state index is 0.190. The molecule has 1 aromatic carbocycles. The van der Waals surface area contributed by atoms with Crippen molar-refractivity contribution in [3.05, 3.63) is 63.9 Å². The second kappa shape index (κ2) is 6.90. The molecule has 1 atom stereocenters. The van der Waals surface area contributed by atoms with E-state index in [0.29, 0.717) is 10.0 Å². The van der Waals surface area contributed by atoms with Crippen LogP contribution in [-0.4, -0.2) is 11.5 Å². The number of rotatable bonds is 5. The first kappa shape index (κ1) is 14.3. The first-order valence-corrected chi connectivity index (χ1v) is 7.04. The quantitative estimate of drug-likeness (QED) is 0.890. The van der Waals surface area contributed by atoms with E-state index in [1.54, 1.807) is 12.3 Å². The van der Waals surface area contributed by atoms with E-state index in [9.17, 15) is 0 Å². The molecule has 4 heteroatoms. The van der Waals surface area contributed by atoms with E-state index in [-0.39, 0.29) is 6.04 Å². The van der Waals surface area contributed by atoms with Gasteiger partial charge in [0, 0.05) is 18.4 Å². The highest BCUT2D eigenvalue weighted by Gasteiger charge is 2.14. The van der Waals surface area contributed by atoms with Gasteiger partial charge in [-0.1, -0.05) is 48.3 Å². The van der Waals surface area contributed by atoms with Crippen LogP contribution in [0.25, 0.3) is 0 Å². The number of hydrogen-bond acceptors (Lipinski definition) is 2. The Morgan fingerprint density at radius 1 is 1.21 bits per heavy atom. The van der Waals surface area contributed by atoms with Gasteiger partial charge >= 0.3 is 0 Å². The standard InChI is InChI=1S/C15H16Cl2N2/c1-2-19-14(12-6-4-8-18-10-12)9-11-5-3-7-13(16)15(11)17/h3-8,10,14,19H,2,9H2,1H3. The minimum Gasteiger partial charge on any atom is -0.310 e. The van der Waals surface area contributed by atoms with Crippen LogP contribution in [0.5, 0.6) is 0 Å². The number of hydrogen-bond donors (Lipinski definition) is 1. The lowest BCUT2D eigenvalue weighted by molar-refractivity contribution is 0.548. The molecule has 2 aromatic rings. The van der Waals surface area contributed by atoms with E-state index in [1.807, 2.05) is 24.4 Å². The first-order valence-electron chi connectivity index (χ1n) is 6.28. The summed E-state index contributed by atoms with van der Waals surface area (Å²) in [6, 6.07) is 9.94. The molecule has 0 amide bonds. The Kier molecular flexibility index (Phi) is 5.20. The lowest BCUT2D eigenvalue weighted by atomic mass is 10.00. The zero-order valence-corrected chi connectivity index (χ0v) is 12.2. The zero-order chi connectivity index (χ0) is 13.7. The van der Waals surface area contributed by atoms with Gasteiger partial charge in [0.25, 0.3) is 0 Å². The van der Waals surface area contributed by atoms with Crippen LogP contribution >= 0.6 is 23.2 Å². The number of benzene rings is 1. The van der Waals surface area contributed by atoms with Gasteiger partial charge in [-0.05, 0) is 36.2 Å². The van der Waals surface area contributed by atoms with Gasteiger partial charge in [0.05, 0.1) is 10.0 Å². The molecule has 0 aliphatic rings. The van der Waals surface area contributed by atoms with Crippen molar-refractivity contribution in [1.29, 1.82) is 0 Å². The summed E-state index contributed by atoms with van der Waals surface area (Å²) < 4.78 is 0. The van der Waals surface area contributed by atoms with Crippen molar-refractivity contribution in [3.8, 4) is 0 Å². The number of nitrogens with one attached hydrogen (secondary N) is 1. The third kappa shape index (κ3) is 3.69. The van der Waals surface area contributed by atoms with Crippen molar-refractivity contribution < 1.29 is 0 Å². The molecule has 0 aliphatic carbocycles. The van der Waals surface area contributed by atoms with Gasteiger partial charge in [0.15, 0.2) is 0 Å². The molecule has 2 nitrogen and oxygen atoms in total. The normalized spacial score (nSPS) is 12.4. The first-order chi connectivity index (χ1) is 9.22. The third-order valence-corrected chi connectivity index (χ3v) is 3.85. The summed E-state index contributed by atoms with van der Waals surface area (Å²) in [7, 11) is 0. The molecular formula is C15H16Cl2N2. The lowest BCUT2D eigenvalue weighted by Gasteiger charge is -2.19. The molecule has 0 radical (unpaired) electrons. The van der Waals surface area contributed by atoms with Crippen LogP contribution in [0.4, 0.5) is 0 Å². The maximum absolute atomic E-state index is 6.25. The third-order valence-electron chi connectivity index (χ3n) is 2.99. The summed E-state index contributed by atoms with van der Waals surface area (Å²) >= 11 is 12.3. The molecule has 0 bridgehead atoms. The van der Waals surface area contributed by atoms with Gasteiger partial charge in [0.1, 0.15) is 0 Å². The van der Waals surface area contributed by atoms with E-state index in [2.05, 4.69) is 23.3 Å². The second-order valence-electron chi connectivity index (χ2n) is 4.31. The van der Waals surface area contributed by atoms with Crippen LogP contribution < -0.4 is 5.32 Å². The number of pyridine rings is 1. The fourth-order valence-electron chi connectivity index (χ4n) is 2.06. The molecular weight excluding hydrogens is 279 g/mol. The van der Waals surface area contributed by atoms with Crippen molar-refractivity contribution in [2.24, 2.45) is 0 Å². The molecule has 0 fully saturated rings. The summed E-state index contributed by atoms with van der Waals surface area (Å²) in [6.07, 6.45) is 4.45. The highest BCUT2D eigenvalue weighted by atomic mass is 35.5. The van der Waals surface area contributed by atoms with E-state index >= 15 is 0 Å². The average Bonchev–Trinajstić information content (AvgIpc) is 2.44. The fraction of sp³-hybridized carbons (Fsp3) is 0.267. The molecule has 1 aromatic heterocycles. The predicted molar refractivity (Wildman–Crippen MR) is 80.8 cm³/mol. The van der Waals surface area contributed by atoms with Crippen molar-refractivity contribution in [1.82, 2.24) is 10.3 Å². The van der Waals surface area contributed by atoms with Crippen LogP contribution in [0.2, 0.25) is 10.0 Å². The van der Waals surface area contributed by atoms with Crippen molar-refractivity contribution in [2.75, 3.05) is 6.54 Å². The van der Waals surface area contributed by atoms with Crippen LogP contribution in [0.1, 0.15) is 24.1 Å². The molecule has 1 unspecified atom stereocenters. The van der Waals surface area contributed by atoms with Crippen LogP contribution in [0.15, 0.2) is 42.7 Å². The molecule has 1 heterocycles. The fourth-order valence-corrected chi connectivity index (χ4v) is 2.46. The van der Waals surface area contributed by atoms with E-state index in [4.69, 9.17) is 23.2 Å². The second-order valence-corrected chi connectivity index (χ2v) is 5.10. The highest BCUT2D eigenvalue weighted by Crippen LogP contribution is 2.29. The number of halogens is 2. The zero-order valence-electron chi connectivity index (χ0n) is 10.7. The number of nitrogens with zero attached hydrogens (tertiary/aromatic N) is 1. The maximum Gasteiger partial charge on any atom is 0.0624 e. The summed E-state index contributed by atoms with van der Waals surface area (Å²) in [6.45, 7) is 2.97. The number of aromatic nitrogens is 1. The van der Waals surface area contributed by atoms with Gasteiger partial charge in [-0.2, -0.15) is 0 Å². The SMILES string of the molecule is CCNC(Cc1cccc(Cl)c1Cl)c1cccnc1. The Bertz CT molecular complexity index is 529. The molecule has 0 aliphatic heterocycles. The van der Waals surface area contributed by atoms with Gasteiger partial charge in [-0.15, -0.1) is 0 Å². The van der Waals surface area contributed by atoms with Crippen molar-refractivity contribution in [2.45, 2.75) is 19.4 Å². The topological polar surface area (TPSA) is 24.9 Å². The Morgan fingerprint density at radius 3 is 2.74 bits per heavy atom. The van der Waals surface area contributed by atoms with Gasteiger partial charge in [0.2, 0.25) is 0 Å². The molecule has 2 rings (SSSR count). The largest absolute Gasteiger partial charge is 0.310 e. The van der Waals surface area contributed by atoms with Crippen LogP contribution in [0, 0.1) is 0 Å². The average molecular weight is 295 g/mol. The smallest absolute Gasteiger partial charge is 0.0624 e.